The number of benzene rings is 3. The summed E-state index contributed by atoms with van der Waals surface area (Å²) < 4.78 is 27.0. The van der Waals surface area contributed by atoms with Gasteiger partial charge in [0.25, 0.3) is 5.56 Å². The molecule has 0 radical (unpaired) electrons. The Morgan fingerprint density at radius 2 is 1.74 bits per heavy atom. The Labute approximate surface area is 202 Å². The fourth-order valence-electron chi connectivity index (χ4n) is 4.12. The lowest BCUT2D eigenvalue weighted by Gasteiger charge is -2.21. The molecule has 1 heterocycles. The van der Waals surface area contributed by atoms with Crippen molar-refractivity contribution in [3.8, 4) is 16.9 Å². The van der Waals surface area contributed by atoms with Gasteiger partial charge in [-0.3, -0.25) is 4.79 Å². The van der Waals surface area contributed by atoms with Crippen LogP contribution in [0.15, 0.2) is 77.6 Å². The average Bonchev–Trinajstić information content (AvgIpc) is 2.83. The van der Waals surface area contributed by atoms with Crippen molar-refractivity contribution in [2.75, 3.05) is 0 Å². The first-order valence-electron chi connectivity index (χ1n) is 11.4. The van der Waals surface area contributed by atoms with Crippen molar-refractivity contribution < 1.29 is 18.7 Å². The molecule has 4 rings (SSSR count). The molecule has 0 atom stereocenters. The van der Waals surface area contributed by atoms with Gasteiger partial charge in [0.2, 0.25) is 0 Å². The Balaban J connectivity index is 1.94. The Morgan fingerprint density at radius 3 is 2.43 bits per heavy atom. The van der Waals surface area contributed by atoms with Crippen LogP contribution in [-0.2, 0) is 24.5 Å². The summed E-state index contributed by atoms with van der Waals surface area (Å²) in [5, 5.41) is 1.04. The van der Waals surface area contributed by atoms with Gasteiger partial charge in [-0.1, -0.05) is 56.3 Å². The number of primary amides is 1. The summed E-state index contributed by atoms with van der Waals surface area (Å²) in [5.74, 6) is 0.267. The fraction of sp³-hybridized carbons (Fsp3) is 0.214. The highest BCUT2D eigenvalue weighted by atomic mass is 19.1. The van der Waals surface area contributed by atoms with Crippen LogP contribution in [-0.4, -0.2) is 10.7 Å². The quantitative estimate of drug-likeness (QED) is 0.358. The lowest BCUT2D eigenvalue weighted by Crippen LogP contribution is -2.28. The smallest absolute Gasteiger partial charge is 0.404 e. The maximum atomic E-state index is 14.3. The lowest BCUT2D eigenvalue weighted by molar-refractivity contribution is 0.147. The molecule has 6 nitrogen and oxygen atoms in total. The molecule has 0 spiro atoms. The first-order chi connectivity index (χ1) is 16.8. The highest BCUT2D eigenvalue weighted by Gasteiger charge is 2.21. The molecule has 180 valence electrons. The number of fused-ring (bicyclic) bond motifs is 1. The molecule has 0 unspecified atom stereocenters. The van der Waals surface area contributed by atoms with Gasteiger partial charge in [-0.05, 0) is 47.4 Å². The van der Waals surface area contributed by atoms with Crippen molar-refractivity contribution in [3.05, 3.63) is 100 Å². The number of halogens is 1. The normalized spacial score (nSPS) is 11.1. The maximum absolute atomic E-state index is 14.3. The van der Waals surface area contributed by atoms with E-state index in [9.17, 15) is 14.0 Å². The number of nitrogens with two attached hydrogens (primary N) is 1. The molecule has 2 N–H and O–H groups in total. The van der Waals surface area contributed by atoms with Crippen LogP contribution in [0.25, 0.3) is 21.9 Å². The minimum absolute atomic E-state index is 0.131. The molecule has 0 saturated heterocycles. The van der Waals surface area contributed by atoms with Crippen LogP contribution in [0.3, 0.4) is 0 Å². The molecule has 0 aliphatic carbocycles. The number of hydrogen-bond donors (Lipinski definition) is 1. The number of nitrogens with zero attached hydrogens (tertiary/aromatic N) is 1. The number of rotatable bonds is 8. The number of ether oxygens (including phenoxy) is 2. The predicted octanol–water partition coefficient (Wildman–Crippen LogP) is 5.64. The first kappa shape index (κ1) is 24.0. The second kappa shape index (κ2) is 10.4. The minimum atomic E-state index is -0.959. The van der Waals surface area contributed by atoms with Crippen LogP contribution >= 0.6 is 0 Å². The van der Waals surface area contributed by atoms with Gasteiger partial charge >= 0.3 is 6.09 Å². The predicted molar refractivity (Wildman–Crippen MR) is 134 cm³/mol. The van der Waals surface area contributed by atoms with E-state index in [4.69, 9.17) is 15.2 Å². The number of carbonyl (C=O) groups is 1. The van der Waals surface area contributed by atoms with Crippen molar-refractivity contribution in [2.24, 2.45) is 11.7 Å². The third-order valence-corrected chi connectivity index (χ3v) is 5.61. The van der Waals surface area contributed by atoms with Crippen molar-refractivity contribution in [3.63, 3.8) is 0 Å². The van der Waals surface area contributed by atoms with Gasteiger partial charge in [0, 0.05) is 22.9 Å². The zero-order chi connectivity index (χ0) is 24.9. The Hall–Kier alpha value is -4.13. The molecule has 0 fully saturated rings. The van der Waals surface area contributed by atoms with Gasteiger partial charge in [-0.2, -0.15) is 0 Å². The molecule has 3 aromatic carbocycles. The molecule has 35 heavy (non-hydrogen) atoms. The zero-order valence-corrected chi connectivity index (χ0v) is 19.7. The molecular formula is C28H27FN2O4. The lowest BCUT2D eigenvalue weighted by atomic mass is 9.96. The van der Waals surface area contributed by atoms with Crippen molar-refractivity contribution in [2.45, 2.75) is 33.6 Å². The highest BCUT2D eigenvalue weighted by Crippen LogP contribution is 2.34. The second-order valence-electron chi connectivity index (χ2n) is 8.73. The molecule has 1 amide bonds. The van der Waals surface area contributed by atoms with E-state index in [-0.39, 0.29) is 18.1 Å². The van der Waals surface area contributed by atoms with Crippen LogP contribution in [0.4, 0.5) is 9.18 Å². The largest absolute Gasteiger partial charge is 0.489 e. The maximum Gasteiger partial charge on any atom is 0.404 e. The number of carbonyl (C=O) groups excluding carboxylic acids is 1. The van der Waals surface area contributed by atoms with Crippen molar-refractivity contribution >= 4 is 16.9 Å². The molecule has 0 bridgehead atoms. The number of aromatic nitrogens is 1. The third kappa shape index (κ3) is 5.51. The number of hydrogen-bond acceptors (Lipinski definition) is 4. The summed E-state index contributed by atoms with van der Waals surface area (Å²) in [7, 11) is 0. The van der Waals surface area contributed by atoms with Crippen LogP contribution in [0, 0.1) is 11.7 Å². The van der Waals surface area contributed by atoms with Crippen molar-refractivity contribution in [1.82, 2.24) is 4.57 Å². The van der Waals surface area contributed by atoms with E-state index in [0.717, 1.165) is 5.56 Å². The third-order valence-electron chi connectivity index (χ3n) is 5.61. The van der Waals surface area contributed by atoms with Crippen molar-refractivity contribution in [1.29, 1.82) is 0 Å². The molecule has 4 aromatic rings. The average molecular weight is 475 g/mol. The number of pyridine rings is 1. The molecule has 0 aliphatic rings. The summed E-state index contributed by atoms with van der Waals surface area (Å²) in [5.41, 5.74) is 7.60. The number of amides is 1. The zero-order valence-electron chi connectivity index (χ0n) is 19.7. The van der Waals surface area contributed by atoms with E-state index in [0.29, 0.717) is 46.5 Å². The monoisotopic (exact) mass is 474 g/mol. The molecule has 0 aliphatic heterocycles. The summed E-state index contributed by atoms with van der Waals surface area (Å²) in [6, 6.07) is 21.1. The van der Waals surface area contributed by atoms with Crippen LogP contribution in [0.1, 0.15) is 25.1 Å². The SMILES string of the molecule is CC(C)Cn1c(COC(N)=O)c(-c2cccc(F)c2)c2cc(OCc3ccccc3)ccc2c1=O. The van der Waals surface area contributed by atoms with E-state index >= 15 is 0 Å². The van der Waals surface area contributed by atoms with Gasteiger partial charge in [0.05, 0.1) is 5.69 Å². The summed E-state index contributed by atoms with van der Waals surface area (Å²) in [6.45, 7) is 4.48. The van der Waals surface area contributed by atoms with Gasteiger partial charge in [-0.15, -0.1) is 0 Å². The minimum Gasteiger partial charge on any atom is -0.489 e. The van der Waals surface area contributed by atoms with E-state index in [1.54, 1.807) is 34.9 Å². The first-order valence-corrected chi connectivity index (χ1v) is 11.4. The standard InChI is InChI=1S/C28H27FN2O4/c1-18(2)15-31-25(17-35-28(30)33)26(20-9-6-10-21(29)13-20)24-14-22(11-12-23(24)27(31)32)34-16-19-7-4-3-5-8-19/h3-14,18H,15-17H2,1-2H3,(H2,30,33). The molecule has 0 saturated carbocycles. The van der Waals surface area contributed by atoms with Gasteiger partial charge < -0.3 is 19.8 Å². The van der Waals surface area contributed by atoms with Crippen LogP contribution in [0.2, 0.25) is 0 Å². The summed E-state index contributed by atoms with van der Waals surface area (Å²) >= 11 is 0. The molecule has 7 heteroatoms. The summed E-state index contributed by atoms with van der Waals surface area (Å²) in [4.78, 5) is 25.0. The van der Waals surface area contributed by atoms with E-state index in [1.807, 2.05) is 44.2 Å². The van der Waals surface area contributed by atoms with E-state index in [1.165, 1.54) is 12.1 Å². The summed E-state index contributed by atoms with van der Waals surface area (Å²) in [6.07, 6.45) is -0.959. The molecule has 1 aromatic heterocycles. The fourth-order valence-corrected chi connectivity index (χ4v) is 4.12. The second-order valence-corrected chi connectivity index (χ2v) is 8.73. The topological polar surface area (TPSA) is 83.6 Å². The Kier molecular flexibility index (Phi) is 7.15. The Morgan fingerprint density at radius 1 is 0.971 bits per heavy atom. The van der Waals surface area contributed by atoms with Crippen LogP contribution < -0.4 is 16.0 Å². The van der Waals surface area contributed by atoms with Gasteiger partial charge in [-0.25, -0.2) is 9.18 Å². The van der Waals surface area contributed by atoms with Gasteiger partial charge in [0.15, 0.2) is 0 Å². The van der Waals surface area contributed by atoms with E-state index in [2.05, 4.69) is 0 Å². The highest BCUT2D eigenvalue weighted by molar-refractivity contribution is 5.98. The Bertz CT molecular complexity index is 1410. The van der Waals surface area contributed by atoms with Crippen LogP contribution in [0.5, 0.6) is 5.75 Å². The van der Waals surface area contributed by atoms with E-state index < -0.39 is 11.9 Å². The van der Waals surface area contributed by atoms with Gasteiger partial charge in [0.1, 0.15) is 24.8 Å². The molecular weight excluding hydrogens is 447 g/mol.